The molecule has 3 atom stereocenters. The monoisotopic (exact) mass is 455 g/mol. The third kappa shape index (κ3) is 5.69. The number of aliphatic hydroxyl groups excluding tert-OH is 1. The van der Waals surface area contributed by atoms with Crippen LogP contribution >= 0.6 is 0 Å². The average Bonchev–Trinajstić information content (AvgIpc) is 2.67. The van der Waals surface area contributed by atoms with Crippen LogP contribution in [0, 0.1) is 5.92 Å². The van der Waals surface area contributed by atoms with Gasteiger partial charge in [-0.05, 0) is 37.5 Å². The van der Waals surface area contributed by atoms with E-state index in [0.29, 0.717) is 31.0 Å². The number of nitrogens with one attached hydrogen (secondary N) is 2. The molecule has 0 radical (unpaired) electrons. The summed E-state index contributed by atoms with van der Waals surface area (Å²) in [6, 6.07) is 2.87. The maximum absolute atomic E-state index is 12.9. The zero-order chi connectivity index (χ0) is 22.8. The molecule has 0 aromatic heterocycles. The van der Waals surface area contributed by atoms with Gasteiger partial charge in [-0.15, -0.1) is 0 Å². The third-order valence-electron chi connectivity index (χ3n) is 5.88. The molecule has 1 aliphatic heterocycles. The Balaban J connectivity index is 1.75. The molecule has 10 nitrogen and oxygen atoms in total. The Morgan fingerprint density at radius 3 is 2.65 bits per heavy atom. The summed E-state index contributed by atoms with van der Waals surface area (Å²) in [6.45, 7) is 2.39. The van der Waals surface area contributed by atoms with Crippen LogP contribution in [0.15, 0.2) is 23.1 Å². The van der Waals surface area contributed by atoms with E-state index in [9.17, 15) is 28.4 Å². The molecule has 2 aliphatic rings. The van der Waals surface area contributed by atoms with Crippen molar-refractivity contribution in [3.8, 4) is 5.75 Å². The molecule has 1 aliphatic carbocycles. The molecule has 1 heterocycles. The van der Waals surface area contributed by atoms with Gasteiger partial charge in [0.15, 0.2) is 0 Å². The summed E-state index contributed by atoms with van der Waals surface area (Å²) >= 11 is 0. The number of likely N-dealkylation sites (N-methyl/N-ethyl adjacent to an activating group) is 1. The molecule has 0 saturated heterocycles. The minimum atomic E-state index is -4.16. The van der Waals surface area contributed by atoms with Crippen LogP contribution in [0.3, 0.4) is 0 Å². The highest BCUT2D eigenvalue weighted by Gasteiger charge is 2.35. The van der Waals surface area contributed by atoms with E-state index < -0.39 is 41.1 Å². The molecule has 1 amide bonds. The summed E-state index contributed by atoms with van der Waals surface area (Å²) in [4.78, 5) is 14.5. The standard InChI is InChI=1S/C19H30BN3O7S/c1-12(24)18(19(25)21-17(20(26)27)10-13-4-3-5-13)22-31(28,29)14-6-7-16-15(11-14)23(2)8-9-30-16/h6-7,11-13,17-18,22,24,26-27H,3-5,8-10H2,1-2H3,(H,21,25)/t12-,17-,18?/m0/s1. The Labute approximate surface area is 182 Å². The first kappa shape index (κ1) is 23.8. The summed E-state index contributed by atoms with van der Waals surface area (Å²) in [6.07, 6.45) is 1.98. The third-order valence-corrected chi connectivity index (χ3v) is 7.32. The number of aliphatic hydroxyl groups is 1. The SMILES string of the molecule is C[C@H](O)C(NS(=O)(=O)c1ccc2c(c1)N(C)CCO2)C(=O)N[C@@H](CC1CCC1)B(O)O. The molecule has 5 N–H and O–H groups in total. The quantitative estimate of drug-likeness (QED) is 0.305. The van der Waals surface area contributed by atoms with Gasteiger partial charge >= 0.3 is 7.12 Å². The van der Waals surface area contributed by atoms with Gasteiger partial charge < -0.3 is 30.1 Å². The smallest absolute Gasteiger partial charge is 0.475 e. The first-order valence-electron chi connectivity index (χ1n) is 10.4. The topological polar surface area (TPSA) is 148 Å². The van der Waals surface area contributed by atoms with Crippen LogP contribution in [0.1, 0.15) is 32.6 Å². The summed E-state index contributed by atoms with van der Waals surface area (Å²) in [5.74, 6) is -0.927. The number of benzene rings is 1. The number of sulfonamides is 1. The van der Waals surface area contributed by atoms with Gasteiger partial charge in [0.05, 0.1) is 29.2 Å². The highest BCUT2D eigenvalue weighted by atomic mass is 32.2. The Kier molecular flexibility index (Phi) is 7.48. The second kappa shape index (κ2) is 9.74. The van der Waals surface area contributed by atoms with Crippen LogP contribution in [0.2, 0.25) is 0 Å². The minimum Gasteiger partial charge on any atom is -0.490 e. The molecule has 3 rings (SSSR count). The van der Waals surface area contributed by atoms with Crippen molar-refractivity contribution in [3.63, 3.8) is 0 Å². The fraction of sp³-hybridized carbons (Fsp3) is 0.632. The largest absolute Gasteiger partial charge is 0.490 e. The molecule has 1 aromatic rings. The Morgan fingerprint density at radius 2 is 2.06 bits per heavy atom. The second-order valence-electron chi connectivity index (χ2n) is 8.30. The van der Waals surface area contributed by atoms with E-state index in [1.165, 1.54) is 19.1 Å². The van der Waals surface area contributed by atoms with Crippen molar-refractivity contribution >= 4 is 28.7 Å². The number of carbonyl (C=O) groups is 1. The number of anilines is 1. The number of fused-ring (bicyclic) bond motifs is 1. The van der Waals surface area contributed by atoms with E-state index in [2.05, 4.69) is 10.0 Å². The van der Waals surface area contributed by atoms with Crippen molar-refractivity contribution in [2.75, 3.05) is 25.1 Å². The first-order valence-corrected chi connectivity index (χ1v) is 11.9. The van der Waals surface area contributed by atoms with Crippen LogP contribution in [-0.2, 0) is 14.8 Å². The van der Waals surface area contributed by atoms with Gasteiger partial charge in [-0.25, -0.2) is 8.42 Å². The van der Waals surface area contributed by atoms with Gasteiger partial charge in [-0.2, -0.15) is 4.72 Å². The molecule has 172 valence electrons. The zero-order valence-corrected chi connectivity index (χ0v) is 18.5. The molecule has 12 heteroatoms. The zero-order valence-electron chi connectivity index (χ0n) is 17.7. The lowest BCUT2D eigenvalue weighted by Gasteiger charge is -2.31. The number of ether oxygens (including phenoxy) is 1. The fourth-order valence-corrected chi connectivity index (χ4v) is 5.01. The Morgan fingerprint density at radius 1 is 1.35 bits per heavy atom. The van der Waals surface area contributed by atoms with Crippen molar-refractivity contribution in [3.05, 3.63) is 18.2 Å². The van der Waals surface area contributed by atoms with Crippen molar-refractivity contribution in [2.24, 2.45) is 5.92 Å². The maximum Gasteiger partial charge on any atom is 0.475 e. The maximum atomic E-state index is 12.9. The fourth-order valence-electron chi connectivity index (χ4n) is 3.72. The Hall–Kier alpha value is -1.86. The predicted molar refractivity (Wildman–Crippen MR) is 115 cm³/mol. The number of hydrogen-bond acceptors (Lipinski definition) is 8. The van der Waals surface area contributed by atoms with E-state index >= 15 is 0 Å². The summed E-state index contributed by atoms with van der Waals surface area (Å²) < 4.78 is 33.6. The minimum absolute atomic E-state index is 0.0738. The highest BCUT2D eigenvalue weighted by Crippen LogP contribution is 2.33. The Bertz CT molecular complexity index is 892. The number of nitrogens with zero attached hydrogens (tertiary/aromatic N) is 1. The van der Waals surface area contributed by atoms with Crippen molar-refractivity contribution in [2.45, 2.75) is 55.6 Å². The molecular formula is C19H30BN3O7S. The molecule has 1 fully saturated rings. The molecular weight excluding hydrogens is 425 g/mol. The molecule has 31 heavy (non-hydrogen) atoms. The normalized spacial score (nSPS) is 19.5. The van der Waals surface area contributed by atoms with E-state index in [1.54, 1.807) is 6.07 Å². The van der Waals surface area contributed by atoms with Crippen molar-refractivity contribution in [1.82, 2.24) is 10.0 Å². The van der Waals surface area contributed by atoms with Gasteiger partial charge in [0, 0.05) is 7.05 Å². The predicted octanol–water partition coefficient (Wildman–Crippen LogP) is -0.770. The molecule has 1 aromatic carbocycles. The summed E-state index contributed by atoms with van der Waals surface area (Å²) in [5, 5.41) is 31.8. The van der Waals surface area contributed by atoms with Gasteiger partial charge in [0.1, 0.15) is 18.4 Å². The number of amides is 1. The van der Waals surface area contributed by atoms with E-state index in [-0.39, 0.29) is 10.8 Å². The lowest BCUT2D eigenvalue weighted by Crippen LogP contribution is -2.57. The van der Waals surface area contributed by atoms with Crippen LogP contribution in [0.4, 0.5) is 5.69 Å². The molecule has 0 spiro atoms. The van der Waals surface area contributed by atoms with Crippen LogP contribution < -0.4 is 19.7 Å². The van der Waals surface area contributed by atoms with Crippen LogP contribution in [0.5, 0.6) is 5.75 Å². The number of carbonyl (C=O) groups excluding carboxylic acids is 1. The van der Waals surface area contributed by atoms with Gasteiger partial charge in [-0.1, -0.05) is 19.3 Å². The van der Waals surface area contributed by atoms with Crippen LogP contribution in [-0.4, -0.2) is 74.9 Å². The van der Waals surface area contributed by atoms with E-state index in [4.69, 9.17) is 4.74 Å². The van der Waals surface area contributed by atoms with E-state index in [1.807, 2.05) is 11.9 Å². The van der Waals surface area contributed by atoms with Crippen molar-refractivity contribution in [1.29, 1.82) is 0 Å². The lowest BCUT2D eigenvalue weighted by atomic mass is 9.69. The summed E-state index contributed by atoms with van der Waals surface area (Å²) in [5.41, 5.74) is 0.608. The van der Waals surface area contributed by atoms with Gasteiger partial charge in [-0.3, -0.25) is 4.79 Å². The lowest BCUT2D eigenvalue weighted by molar-refractivity contribution is -0.125. The highest BCUT2D eigenvalue weighted by molar-refractivity contribution is 7.89. The van der Waals surface area contributed by atoms with Crippen LogP contribution in [0.25, 0.3) is 0 Å². The molecule has 1 unspecified atom stereocenters. The number of hydrogen-bond donors (Lipinski definition) is 5. The van der Waals surface area contributed by atoms with Crippen molar-refractivity contribution < 1.29 is 33.1 Å². The van der Waals surface area contributed by atoms with Gasteiger partial charge in [0.25, 0.3) is 0 Å². The molecule has 0 bridgehead atoms. The average molecular weight is 455 g/mol. The summed E-state index contributed by atoms with van der Waals surface area (Å²) in [7, 11) is -4.12. The molecule has 1 saturated carbocycles. The first-order chi connectivity index (χ1) is 14.6. The number of rotatable bonds is 9. The van der Waals surface area contributed by atoms with E-state index in [0.717, 1.165) is 19.3 Å². The van der Waals surface area contributed by atoms with Gasteiger partial charge in [0.2, 0.25) is 15.9 Å². The second-order valence-corrected chi connectivity index (χ2v) is 10.0.